The topological polar surface area (TPSA) is 119 Å². The minimum Gasteiger partial charge on any atom is -0.507 e. The van der Waals surface area contributed by atoms with Crippen LogP contribution in [0.5, 0.6) is 5.75 Å². The lowest BCUT2D eigenvalue weighted by Crippen LogP contribution is -2.29. The van der Waals surface area contributed by atoms with E-state index in [4.69, 9.17) is 25.6 Å². The van der Waals surface area contributed by atoms with Crippen molar-refractivity contribution in [2.75, 3.05) is 19.1 Å². The summed E-state index contributed by atoms with van der Waals surface area (Å²) in [6, 6.07) is 11.1. The van der Waals surface area contributed by atoms with Gasteiger partial charge in [-0.3, -0.25) is 14.5 Å². The maximum atomic E-state index is 13.1. The highest BCUT2D eigenvalue weighted by molar-refractivity contribution is 6.51. The van der Waals surface area contributed by atoms with Gasteiger partial charge in [0.2, 0.25) is 0 Å². The molecule has 1 saturated heterocycles. The van der Waals surface area contributed by atoms with E-state index in [1.54, 1.807) is 19.1 Å². The van der Waals surface area contributed by atoms with Gasteiger partial charge in [0.25, 0.3) is 5.78 Å². The molecule has 2 aromatic carbocycles. The Bertz CT molecular complexity index is 1330. The van der Waals surface area contributed by atoms with E-state index in [9.17, 15) is 19.5 Å². The Hall–Kier alpha value is -4.11. The third kappa shape index (κ3) is 3.90. The van der Waals surface area contributed by atoms with E-state index in [-0.39, 0.29) is 27.5 Å². The van der Waals surface area contributed by atoms with Crippen molar-refractivity contribution < 1.29 is 33.5 Å². The van der Waals surface area contributed by atoms with Crippen LogP contribution in [0.15, 0.2) is 58.6 Å². The summed E-state index contributed by atoms with van der Waals surface area (Å²) in [4.78, 5) is 39.2. The van der Waals surface area contributed by atoms with Crippen LogP contribution in [0.1, 0.15) is 33.3 Å². The van der Waals surface area contributed by atoms with Crippen LogP contribution in [-0.2, 0) is 14.3 Å². The van der Waals surface area contributed by atoms with Gasteiger partial charge in [-0.15, -0.1) is 0 Å². The Kier molecular flexibility index (Phi) is 6.12. The lowest BCUT2D eigenvalue weighted by Gasteiger charge is -2.23. The smallest absolute Gasteiger partial charge is 0.337 e. The van der Waals surface area contributed by atoms with Crippen LogP contribution in [0.4, 0.5) is 5.82 Å². The number of ether oxygens (including phenoxy) is 2. The molecule has 0 radical (unpaired) electrons. The molecular weight excluding hydrogens is 464 g/mol. The number of ketones is 1. The number of esters is 1. The van der Waals surface area contributed by atoms with Crippen LogP contribution in [-0.4, -0.2) is 42.1 Å². The van der Waals surface area contributed by atoms with E-state index in [1.807, 2.05) is 0 Å². The molecule has 9 nitrogen and oxygen atoms in total. The highest BCUT2D eigenvalue weighted by atomic mass is 35.5. The minimum atomic E-state index is -1.04. The summed E-state index contributed by atoms with van der Waals surface area (Å²) in [6.07, 6.45) is 0. The van der Waals surface area contributed by atoms with Crippen molar-refractivity contribution in [3.63, 3.8) is 0 Å². The second-order valence-corrected chi connectivity index (χ2v) is 7.83. The maximum Gasteiger partial charge on any atom is 0.337 e. The Labute approximate surface area is 199 Å². The normalized spacial score (nSPS) is 17.2. The second kappa shape index (κ2) is 9.03. The molecule has 0 spiro atoms. The number of methoxy groups -OCH3 is 2. The van der Waals surface area contributed by atoms with E-state index in [0.717, 1.165) is 4.90 Å². The van der Waals surface area contributed by atoms with E-state index in [2.05, 4.69) is 5.16 Å². The molecule has 0 saturated carbocycles. The third-order valence-corrected chi connectivity index (χ3v) is 5.67. The molecule has 0 bridgehead atoms. The van der Waals surface area contributed by atoms with Gasteiger partial charge in [0, 0.05) is 11.6 Å². The average Bonchev–Trinajstić information content (AvgIpc) is 3.38. The first-order valence-electron chi connectivity index (χ1n) is 10.0. The second-order valence-electron chi connectivity index (χ2n) is 7.43. The van der Waals surface area contributed by atoms with Crippen LogP contribution >= 0.6 is 11.6 Å². The largest absolute Gasteiger partial charge is 0.507 e. The van der Waals surface area contributed by atoms with Crippen molar-refractivity contribution in [3.8, 4) is 5.75 Å². The van der Waals surface area contributed by atoms with Gasteiger partial charge in [0.15, 0.2) is 5.82 Å². The van der Waals surface area contributed by atoms with Crippen LogP contribution in [0.2, 0.25) is 5.02 Å². The summed E-state index contributed by atoms with van der Waals surface area (Å²) in [5.41, 5.74) is 0.783. The van der Waals surface area contributed by atoms with E-state index in [0.29, 0.717) is 17.1 Å². The van der Waals surface area contributed by atoms with Gasteiger partial charge in [-0.05, 0) is 42.8 Å². The number of aliphatic hydroxyl groups is 1. The first kappa shape index (κ1) is 23.1. The number of amides is 1. The molecule has 3 aromatic rings. The minimum absolute atomic E-state index is 0.105. The zero-order chi connectivity index (χ0) is 24.6. The highest BCUT2D eigenvalue weighted by Gasteiger charge is 2.48. The van der Waals surface area contributed by atoms with Crippen LogP contribution < -0.4 is 9.64 Å². The van der Waals surface area contributed by atoms with Gasteiger partial charge in [-0.25, -0.2) is 4.79 Å². The summed E-state index contributed by atoms with van der Waals surface area (Å²) >= 11 is 6.20. The molecule has 0 aliphatic carbocycles. The molecule has 1 amide bonds. The highest BCUT2D eigenvalue weighted by Crippen LogP contribution is 2.42. The lowest BCUT2D eigenvalue weighted by atomic mass is 9.94. The third-order valence-electron chi connectivity index (χ3n) is 5.38. The molecule has 10 heteroatoms. The van der Waals surface area contributed by atoms with Crippen molar-refractivity contribution in [3.05, 3.63) is 81.6 Å². The molecule has 0 unspecified atom stereocenters. The fraction of sp³-hybridized carbons (Fsp3) is 0.167. The number of anilines is 1. The van der Waals surface area contributed by atoms with Crippen molar-refractivity contribution in [2.24, 2.45) is 0 Å². The zero-order valence-corrected chi connectivity index (χ0v) is 19.1. The number of carbonyl (C=O) groups is 3. The first-order chi connectivity index (χ1) is 16.3. The molecule has 1 aliphatic rings. The molecule has 1 atom stereocenters. The Morgan fingerprint density at radius 3 is 2.32 bits per heavy atom. The molecule has 174 valence electrons. The van der Waals surface area contributed by atoms with Gasteiger partial charge in [-0.1, -0.05) is 28.9 Å². The molecule has 1 fully saturated rings. The van der Waals surface area contributed by atoms with Gasteiger partial charge in [-0.2, -0.15) is 0 Å². The number of carbonyl (C=O) groups excluding carboxylic acids is 3. The Morgan fingerprint density at radius 2 is 1.76 bits per heavy atom. The molecule has 1 aliphatic heterocycles. The monoisotopic (exact) mass is 482 g/mol. The number of hydrogen-bond acceptors (Lipinski definition) is 8. The van der Waals surface area contributed by atoms with Crippen molar-refractivity contribution in [1.82, 2.24) is 5.16 Å². The molecule has 4 rings (SSSR count). The molecule has 2 heterocycles. The van der Waals surface area contributed by atoms with Gasteiger partial charge in [0.1, 0.15) is 17.3 Å². The quantitative estimate of drug-likeness (QED) is 0.250. The van der Waals surface area contributed by atoms with E-state index in [1.165, 1.54) is 50.6 Å². The van der Waals surface area contributed by atoms with Crippen molar-refractivity contribution in [2.45, 2.75) is 13.0 Å². The molecular formula is C24H19ClN2O7. The van der Waals surface area contributed by atoms with Gasteiger partial charge < -0.3 is 19.1 Å². The van der Waals surface area contributed by atoms with Crippen molar-refractivity contribution in [1.29, 1.82) is 0 Å². The molecule has 34 heavy (non-hydrogen) atoms. The zero-order valence-electron chi connectivity index (χ0n) is 18.4. The van der Waals surface area contributed by atoms with Crippen LogP contribution in [0.25, 0.3) is 5.76 Å². The van der Waals surface area contributed by atoms with Gasteiger partial charge in [0.05, 0.1) is 36.4 Å². The number of halogens is 1. The Balaban J connectivity index is 1.90. The number of Topliss-reactive ketones (excluding diaryl/α,β-unsaturated/α-hetero) is 1. The predicted molar refractivity (Wildman–Crippen MR) is 122 cm³/mol. The molecule has 1 aromatic heterocycles. The SMILES string of the molecule is COC(=O)c1ccc([C@@H]2C(=C(O)c3ccc(OC)c(Cl)c3)C(=O)C(=O)N2c2cc(C)on2)cc1. The number of benzene rings is 2. The standard InChI is InChI=1S/C24H19ClN2O7/c1-12-10-18(26-34-12)27-20(13-4-6-14(7-5-13)24(31)33-3)19(22(29)23(27)30)21(28)15-8-9-17(32-2)16(25)11-15/h4-11,20,28H,1-3H3/t20-/m1/s1. The first-order valence-corrected chi connectivity index (χ1v) is 10.4. The fourth-order valence-electron chi connectivity index (χ4n) is 3.74. The number of rotatable bonds is 5. The van der Waals surface area contributed by atoms with E-state index >= 15 is 0 Å². The lowest BCUT2D eigenvalue weighted by molar-refractivity contribution is -0.132. The summed E-state index contributed by atoms with van der Waals surface area (Å²) in [5.74, 6) is -1.85. The number of nitrogens with zero attached hydrogens (tertiary/aromatic N) is 2. The fourth-order valence-corrected chi connectivity index (χ4v) is 4.00. The predicted octanol–water partition coefficient (Wildman–Crippen LogP) is 4.06. The summed E-state index contributed by atoms with van der Waals surface area (Å²) in [7, 11) is 2.71. The van der Waals surface area contributed by atoms with Gasteiger partial charge >= 0.3 is 11.9 Å². The van der Waals surface area contributed by atoms with E-state index < -0.39 is 29.5 Å². The van der Waals surface area contributed by atoms with Crippen LogP contribution in [0, 0.1) is 6.92 Å². The molecule has 1 N–H and O–H groups in total. The number of hydrogen-bond donors (Lipinski definition) is 1. The number of aliphatic hydroxyl groups excluding tert-OH is 1. The Morgan fingerprint density at radius 1 is 1.09 bits per heavy atom. The summed E-state index contributed by atoms with van der Waals surface area (Å²) < 4.78 is 15.0. The maximum absolute atomic E-state index is 13.1. The number of aromatic nitrogens is 1. The number of aryl methyl sites for hydroxylation is 1. The average molecular weight is 483 g/mol. The summed E-state index contributed by atoms with van der Waals surface area (Å²) in [5, 5.41) is 15.2. The van der Waals surface area contributed by atoms with Crippen molar-refractivity contribution >= 4 is 40.8 Å². The van der Waals surface area contributed by atoms with Crippen LogP contribution in [0.3, 0.4) is 0 Å². The summed E-state index contributed by atoms with van der Waals surface area (Å²) in [6.45, 7) is 1.65.